The van der Waals surface area contributed by atoms with Crippen LogP contribution in [0.1, 0.15) is 27.2 Å². The lowest BCUT2D eigenvalue weighted by Crippen LogP contribution is -2.48. The first kappa shape index (κ1) is 17.7. The number of carbonyl (C=O) groups excluding carboxylic acids is 1. The monoisotopic (exact) mass is 320 g/mol. The zero-order valence-electron chi connectivity index (χ0n) is 14.3. The summed E-state index contributed by atoms with van der Waals surface area (Å²) in [4.78, 5) is 20.7. The van der Waals surface area contributed by atoms with Gasteiger partial charge in [-0.1, -0.05) is 20.8 Å². The van der Waals surface area contributed by atoms with Gasteiger partial charge in [0.05, 0.1) is 18.0 Å². The van der Waals surface area contributed by atoms with E-state index < -0.39 is 0 Å². The minimum Gasteiger partial charge on any atom is -0.392 e. The molecule has 1 saturated heterocycles. The molecular formula is C17H28N4O2. The number of carbonyl (C=O) groups is 1. The average molecular weight is 320 g/mol. The predicted octanol–water partition coefficient (Wildman–Crippen LogP) is 1.57. The highest BCUT2D eigenvalue weighted by Crippen LogP contribution is 2.17. The van der Waals surface area contributed by atoms with E-state index in [0.717, 1.165) is 50.6 Å². The zero-order valence-corrected chi connectivity index (χ0v) is 14.3. The molecule has 1 aromatic rings. The van der Waals surface area contributed by atoms with Gasteiger partial charge < -0.3 is 15.3 Å². The first-order valence-electron chi connectivity index (χ1n) is 8.42. The van der Waals surface area contributed by atoms with Crippen LogP contribution < -0.4 is 10.2 Å². The van der Waals surface area contributed by atoms with Crippen LogP contribution in [0.4, 0.5) is 11.5 Å². The summed E-state index contributed by atoms with van der Waals surface area (Å²) in [7, 11) is 0. The molecule has 1 aliphatic heterocycles. The van der Waals surface area contributed by atoms with Gasteiger partial charge in [-0.2, -0.15) is 0 Å². The van der Waals surface area contributed by atoms with Gasteiger partial charge >= 0.3 is 0 Å². The number of piperazine rings is 1. The van der Waals surface area contributed by atoms with Crippen molar-refractivity contribution in [1.82, 2.24) is 9.88 Å². The lowest BCUT2D eigenvalue weighted by atomic mass is 10.2. The van der Waals surface area contributed by atoms with Gasteiger partial charge in [-0.25, -0.2) is 4.98 Å². The Morgan fingerprint density at radius 2 is 2.00 bits per heavy atom. The summed E-state index contributed by atoms with van der Waals surface area (Å²) >= 11 is 0. The largest absolute Gasteiger partial charge is 0.392 e. The second-order valence-electron chi connectivity index (χ2n) is 6.40. The van der Waals surface area contributed by atoms with E-state index in [2.05, 4.69) is 20.1 Å². The van der Waals surface area contributed by atoms with Gasteiger partial charge in [0, 0.05) is 38.6 Å². The number of amides is 1. The Morgan fingerprint density at radius 3 is 2.52 bits per heavy atom. The van der Waals surface area contributed by atoms with Gasteiger partial charge in [-0.3, -0.25) is 9.69 Å². The Bertz CT molecular complexity index is 496. The quantitative estimate of drug-likeness (QED) is 0.833. The number of rotatable bonds is 6. The van der Waals surface area contributed by atoms with Crippen molar-refractivity contribution in [2.45, 2.75) is 33.3 Å². The van der Waals surface area contributed by atoms with Crippen LogP contribution in [-0.4, -0.2) is 59.7 Å². The second-order valence-corrected chi connectivity index (χ2v) is 6.40. The van der Waals surface area contributed by atoms with E-state index in [1.165, 1.54) is 0 Å². The number of hydrogen-bond donors (Lipinski definition) is 2. The number of aromatic nitrogens is 1. The van der Waals surface area contributed by atoms with Gasteiger partial charge in [0.1, 0.15) is 5.82 Å². The highest BCUT2D eigenvalue weighted by atomic mass is 16.3. The smallest absolute Gasteiger partial charge is 0.226 e. The number of hydrogen-bond acceptors (Lipinski definition) is 5. The SMILES string of the molecule is CCC(O)CN1CCN(c2ccc(NC(=O)C(C)C)cn2)CC1. The van der Waals surface area contributed by atoms with E-state index in [9.17, 15) is 9.90 Å². The van der Waals surface area contributed by atoms with Crippen LogP contribution in [0.25, 0.3) is 0 Å². The van der Waals surface area contributed by atoms with Crippen molar-refractivity contribution in [3.05, 3.63) is 18.3 Å². The van der Waals surface area contributed by atoms with Crippen molar-refractivity contribution in [2.24, 2.45) is 5.92 Å². The number of anilines is 2. The molecule has 0 radical (unpaired) electrons. The van der Waals surface area contributed by atoms with Crippen molar-refractivity contribution in [1.29, 1.82) is 0 Å². The Morgan fingerprint density at radius 1 is 1.30 bits per heavy atom. The minimum absolute atomic E-state index is 0.00245. The molecule has 1 atom stereocenters. The summed E-state index contributed by atoms with van der Waals surface area (Å²) in [5, 5.41) is 12.6. The number of pyridine rings is 1. The summed E-state index contributed by atoms with van der Waals surface area (Å²) in [6.45, 7) is 10.2. The molecule has 23 heavy (non-hydrogen) atoms. The van der Waals surface area contributed by atoms with E-state index in [0.29, 0.717) is 0 Å². The molecule has 6 heteroatoms. The number of nitrogens with one attached hydrogen (secondary N) is 1. The molecule has 2 rings (SSSR count). The molecule has 1 amide bonds. The molecule has 0 spiro atoms. The van der Waals surface area contributed by atoms with Gasteiger partial charge in [0.15, 0.2) is 0 Å². The Kier molecular flexibility index (Phi) is 6.36. The highest BCUT2D eigenvalue weighted by molar-refractivity contribution is 5.91. The van der Waals surface area contributed by atoms with Crippen molar-refractivity contribution >= 4 is 17.4 Å². The molecule has 2 heterocycles. The average Bonchev–Trinajstić information content (AvgIpc) is 2.56. The molecular weight excluding hydrogens is 292 g/mol. The summed E-state index contributed by atoms with van der Waals surface area (Å²) in [5.41, 5.74) is 0.733. The highest BCUT2D eigenvalue weighted by Gasteiger charge is 2.19. The van der Waals surface area contributed by atoms with Crippen LogP contribution in [0.5, 0.6) is 0 Å². The molecule has 1 unspecified atom stereocenters. The molecule has 1 fully saturated rings. The fourth-order valence-corrected chi connectivity index (χ4v) is 2.52. The van der Waals surface area contributed by atoms with Gasteiger partial charge in [0.25, 0.3) is 0 Å². The van der Waals surface area contributed by atoms with Crippen LogP contribution in [0.3, 0.4) is 0 Å². The molecule has 1 aliphatic rings. The number of aliphatic hydroxyl groups excluding tert-OH is 1. The molecule has 0 saturated carbocycles. The van der Waals surface area contributed by atoms with Gasteiger partial charge in [-0.15, -0.1) is 0 Å². The Hall–Kier alpha value is -1.66. The fraction of sp³-hybridized carbons (Fsp3) is 0.647. The number of nitrogens with zero attached hydrogens (tertiary/aromatic N) is 3. The van der Waals surface area contributed by atoms with E-state index >= 15 is 0 Å². The minimum atomic E-state index is -0.233. The Balaban J connectivity index is 1.85. The lowest BCUT2D eigenvalue weighted by Gasteiger charge is -2.36. The van der Waals surface area contributed by atoms with Crippen molar-refractivity contribution in [2.75, 3.05) is 42.9 Å². The third-order valence-electron chi connectivity index (χ3n) is 4.18. The van der Waals surface area contributed by atoms with E-state index in [-0.39, 0.29) is 17.9 Å². The van der Waals surface area contributed by atoms with Crippen LogP contribution in [0.2, 0.25) is 0 Å². The number of β-amino-alcohol motifs (C(OH)–C–C–N with tert-alkyl or cyclic N) is 1. The summed E-state index contributed by atoms with van der Waals surface area (Å²) in [5.74, 6) is 0.895. The third-order valence-corrected chi connectivity index (χ3v) is 4.18. The summed E-state index contributed by atoms with van der Waals surface area (Å²) < 4.78 is 0. The predicted molar refractivity (Wildman–Crippen MR) is 92.7 cm³/mol. The van der Waals surface area contributed by atoms with Crippen LogP contribution in [-0.2, 0) is 4.79 Å². The maximum Gasteiger partial charge on any atom is 0.226 e. The zero-order chi connectivity index (χ0) is 16.8. The standard InChI is InChI=1S/C17H28N4O2/c1-4-15(22)12-20-7-9-21(10-8-20)16-6-5-14(11-18-16)19-17(23)13(2)3/h5-6,11,13,15,22H,4,7-10,12H2,1-3H3,(H,19,23). The lowest BCUT2D eigenvalue weighted by molar-refractivity contribution is -0.118. The maximum atomic E-state index is 11.7. The molecule has 0 aliphatic carbocycles. The first-order chi connectivity index (χ1) is 11.0. The molecule has 6 nitrogen and oxygen atoms in total. The number of aliphatic hydroxyl groups is 1. The molecule has 0 aromatic carbocycles. The molecule has 1 aromatic heterocycles. The second kappa shape index (κ2) is 8.26. The van der Waals surface area contributed by atoms with E-state index in [4.69, 9.17) is 0 Å². The Labute approximate surface area is 138 Å². The fourth-order valence-electron chi connectivity index (χ4n) is 2.52. The summed E-state index contributed by atoms with van der Waals surface area (Å²) in [6.07, 6.45) is 2.28. The molecule has 128 valence electrons. The van der Waals surface area contributed by atoms with Gasteiger partial charge in [-0.05, 0) is 18.6 Å². The first-order valence-corrected chi connectivity index (χ1v) is 8.42. The van der Waals surface area contributed by atoms with Crippen molar-refractivity contribution in [3.8, 4) is 0 Å². The topological polar surface area (TPSA) is 68.7 Å². The third kappa shape index (κ3) is 5.18. The van der Waals surface area contributed by atoms with Crippen LogP contribution >= 0.6 is 0 Å². The summed E-state index contributed by atoms with van der Waals surface area (Å²) in [6, 6.07) is 3.85. The normalized spacial score (nSPS) is 17.3. The van der Waals surface area contributed by atoms with Crippen LogP contribution in [0, 0.1) is 5.92 Å². The van der Waals surface area contributed by atoms with Crippen molar-refractivity contribution < 1.29 is 9.90 Å². The molecule has 0 bridgehead atoms. The van der Waals surface area contributed by atoms with Crippen LogP contribution in [0.15, 0.2) is 18.3 Å². The molecule has 2 N–H and O–H groups in total. The van der Waals surface area contributed by atoms with Gasteiger partial charge in [0.2, 0.25) is 5.91 Å². The van der Waals surface area contributed by atoms with E-state index in [1.807, 2.05) is 32.9 Å². The van der Waals surface area contributed by atoms with E-state index in [1.54, 1.807) is 6.20 Å². The van der Waals surface area contributed by atoms with Crippen molar-refractivity contribution in [3.63, 3.8) is 0 Å². The maximum absolute atomic E-state index is 11.7.